The van der Waals surface area contributed by atoms with Gasteiger partial charge in [0, 0.05) is 17.7 Å². The minimum absolute atomic E-state index is 0.148. The van der Waals surface area contributed by atoms with Crippen molar-refractivity contribution in [3.05, 3.63) is 28.0 Å². The lowest BCUT2D eigenvalue weighted by Gasteiger charge is -2.33. The first kappa shape index (κ1) is 17.1. The van der Waals surface area contributed by atoms with E-state index in [1.165, 1.54) is 0 Å². The predicted molar refractivity (Wildman–Crippen MR) is 83.6 cm³/mol. The van der Waals surface area contributed by atoms with E-state index in [1.807, 2.05) is 34.6 Å². The van der Waals surface area contributed by atoms with Crippen LogP contribution in [0.4, 0.5) is 0 Å². The van der Waals surface area contributed by atoms with E-state index in [-0.39, 0.29) is 17.2 Å². The fourth-order valence-electron chi connectivity index (χ4n) is 2.10. The van der Waals surface area contributed by atoms with Gasteiger partial charge in [-0.3, -0.25) is 4.79 Å². The highest BCUT2D eigenvalue weighted by Gasteiger charge is 2.30. The van der Waals surface area contributed by atoms with E-state index >= 15 is 0 Å². The zero-order valence-corrected chi connectivity index (χ0v) is 14.3. The number of aromatic nitrogens is 1. The molecule has 0 spiro atoms. The highest BCUT2D eigenvalue weighted by molar-refractivity contribution is 9.10. The second-order valence-electron chi connectivity index (χ2n) is 6.15. The van der Waals surface area contributed by atoms with Gasteiger partial charge in [0.15, 0.2) is 0 Å². The third-order valence-electron chi connectivity index (χ3n) is 3.37. The summed E-state index contributed by atoms with van der Waals surface area (Å²) in [6.45, 7) is 10.1. The Morgan fingerprint density at radius 1 is 1.45 bits per heavy atom. The average molecular weight is 343 g/mol. The minimum Gasteiger partial charge on any atom is -0.392 e. The maximum absolute atomic E-state index is 12.2. The number of nitrogens with zero attached hydrogens (tertiary/aromatic N) is 1. The van der Waals surface area contributed by atoms with Crippen molar-refractivity contribution in [2.75, 3.05) is 6.54 Å². The second-order valence-corrected chi connectivity index (χ2v) is 6.90. The molecule has 0 aliphatic carbocycles. The van der Waals surface area contributed by atoms with Crippen LogP contribution < -0.4 is 5.32 Å². The fourth-order valence-corrected chi connectivity index (χ4v) is 2.70. The molecule has 0 radical (unpaired) electrons. The van der Waals surface area contributed by atoms with Gasteiger partial charge >= 0.3 is 0 Å². The second kappa shape index (κ2) is 6.68. The molecule has 1 atom stereocenters. The number of rotatable bonds is 5. The minimum atomic E-state index is -0.470. The Kier molecular flexibility index (Phi) is 5.71. The number of halogens is 1. The first-order valence-electron chi connectivity index (χ1n) is 6.74. The van der Waals surface area contributed by atoms with Crippen LogP contribution in [0.25, 0.3) is 0 Å². The highest BCUT2D eigenvalue weighted by Crippen LogP contribution is 2.25. The number of hydrogen-bond donors (Lipinski definition) is 2. The number of aliphatic hydroxyl groups is 1. The summed E-state index contributed by atoms with van der Waals surface area (Å²) in [5.74, 6) is -0.0388. The summed E-state index contributed by atoms with van der Waals surface area (Å²) < 4.78 is 0.539. The molecule has 1 amide bonds. The number of aliphatic hydroxyl groups excluding tert-OH is 1. The average Bonchev–Trinajstić information content (AvgIpc) is 2.35. The van der Waals surface area contributed by atoms with Gasteiger partial charge in [-0.15, -0.1) is 0 Å². The van der Waals surface area contributed by atoms with Crippen LogP contribution in [0, 0.1) is 18.3 Å². The Balaban J connectivity index is 2.72. The molecule has 2 N–H and O–H groups in total. The van der Waals surface area contributed by atoms with Gasteiger partial charge in [0.05, 0.1) is 11.7 Å². The molecule has 1 rings (SSSR count). The number of aryl methyl sites for hydroxylation is 1. The molecular weight excluding hydrogens is 320 g/mol. The van der Waals surface area contributed by atoms with Crippen molar-refractivity contribution in [3.8, 4) is 0 Å². The molecule has 0 saturated carbocycles. The third kappa shape index (κ3) is 4.28. The van der Waals surface area contributed by atoms with Crippen molar-refractivity contribution in [2.45, 2.75) is 40.7 Å². The van der Waals surface area contributed by atoms with Crippen molar-refractivity contribution in [2.24, 2.45) is 11.3 Å². The fraction of sp³-hybridized carbons (Fsp3) is 0.600. The highest BCUT2D eigenvalue weighted by atomic mass is 79.9. The van der Waals surface area contributed by atoms with Crippen LogP contribution in [-0.4, -0.2) is 28.6 Å². The van der Waals surface area contributed by atoms with E-state index in [2.05, 4.69) is 26.2 Å². The molecule has 4 nitrogen and oxygen atoms in total. The number of carbonyl (C=O) groups excluding carboxylic acids is 1. The molecule has 1 aromatic rings. The zero-order chi connectivity index (χ0) is 15.5. The Morgan fingerprint density at radius 2 is 2.05 bits per heavy atom. The molecule has 0 fully saturated rings. The predicted octanol–water partition coefficient (Wildman–Crippen LogP) is 2.93. The Morgan fingerprint density at radius 3 is 2.55 bits per heavy atom. The molecule has 0 aliphatic rings. The van der Waals surface area contributed by atoms with Gasteiger partial charge in [-0.1, -0.05) is 27.7 Å². The van der Waals surface area contributed by atoms with Crippen LogP contribution in [0.5, 0.6) is 0 Å². The molecule has 1 aromatic heterocycles. The number of nitrogens with one attached hydrogen (secondary N) is 1. The molecule has 1 unspecified atom stereocenters. The molecule has 0 aromatic carbocycles. The van der Waals surface area contributed by atoms with Gasteiger partial charge in [-0.25, -0.2) is 4.98 Å². The standard InChI is InChI=1S/C15H23BrN2O2/c1-9(2)12(19)15(4,5)8-17-14(20)11-7-6-10(3)18-13(11)16/h6-7,9,12,19H,8H2,1-5H3,(H,17,20). The van der Waals surface area contributed by atoms with Crippen LogP contribution >= 0.6 is 15.9 Å². The number of pyridine rings is 1. The molecule has 0 bridgehead atoms. The summed E-state index contributed by atoms with van der Waals surface area (Å²) in [6.07, 6.45) is -0.470. The van der Waals surface area contributed by atoms with Gasteiger partial charge < -0.3 is 10.4 Å². The van der Waals surface area contributed by atoms with E-state index in [0.717, 1.165) is 5.69 Å². The maximum atomic E-state index is 12.2. The van der Waals surface area contributed by atoms with E-state index in [1.54, 1.807) is 12.1 Å². The molecule has 0 aliphatic heterocycles. The van der Waals surface area contributed by atoms with E-state index < -0.39 is 6.10 Å². The lowest BCUT2D eigenvalue weighted by Crippen LogP contribution is -2.43. The Labute approximate surface area is 129 Å². The summed E-state index contributed by atoms with van der Waals surface area (Å²) in [4.78, 5) is 16.4. The van der Waals surface area contributed by atoms with Gasteiger partial charge in [-0.05, 0) is 40.9 Å². The molecule has 112 valence electrons. The first-order chi connectivity index (χ1) is 9.15. The summed E-state index contributed by atoms with van der Waals surface area (Å²) in [7, 11) is 0. The van der Waals surface area contributed by atoms with Gasteiger partial charge in [0.25, 0.3) is 5.91 Å². The smallest absolute Gasteiger partial charge is 0.254 e. The summed E-state index contributed by atoms with van der Waals surface area (Å²) in [5, 5.41) is 13.0. The van der Waals surface area contributed by atoms with Crippen LogP contribution in [0.2, 0.25) is 0 Å². The molecular formula is C15H23BrN2O2. The SMILES string of the molecule is Cc1ccc(C(=O)NCC(C)(C)C(O)C(C)C)c(Br)n1. The van der Waals surface area contributed by atoms with E-state index in [9.17, 15) is 9.90 Å². The third-order valence-corrected chi connectivity index (χ3v) is 3.97. The molecule has 20 heavy (non-hydrogen) atoms. The first-order valence-corrected chi connectivity index (χ1v) is 7.54. The van der Waals surface area contributed by atoms with Crippen molar-refractivity contribution in [1.82, 2.24) is 10.3 Å². The molecule has 0 saturated heterocycles. The maximum Gasteiger partial charge on any atom is 0.254 e. The van der Waals surface area contributed by atoms with Crippen LogP contribution in [0.1, 0.15) is 43.7 Å². The lowest BCUT2D eigenvalue weighted by atomic mass is 9.80. The molecule has 1 heterocycles. The zero-order valence-electron chi connectivity index (χ0n) is 12.7. The van der Waals surface area contributed by atoms with Gasteiger partial charge in [0.2, 0.25) is 0 Å². The van der Waals surface area contributed by atoms with Gasteiger partial charge in [-0.2, -0.15) is 0 Å². The van der Waals surface area contributed by atoms with Crippen molar-refractivity contribution < 1.29 is 9.90 Å². The number of hydrogen-bond acceptors (Lipinski definition) is 3. The largest absolute Gasteiger partial charge is 0.392 e. The quantitative estimate of drug-likeness (QED) is 0.808. The van der Waals surface area contributed by atoms with Crippen molar-refractivity contribution >= 4 is 21.8 Å². The monoisotopic (exact) mass is 342 g/mol. The number of carbonyl (C=O) groups is 1. The lowest BCUT2D eigenvalue weighted by molar-refractivity contribution is 0.0138. The van der Waals surface area contributed by atoms with Crippen molar-refractivity contribution in [1.29, 1.82) is 0 Å². The van der Waals surface area contributed by atoms with Crippen LogP contribution in [0.15, 0.2) is 16.7 Å². The summed E-state index contributed by atoms with van der Waals surface area (Å²) in [5.41, 5.74) is 0.975. The topological polar surface area (TPSA) is 62.2 Å². The molecule has 5 heteroatoms. The normalized spacial score (nSPS) is 13.4. The Bertz CT molecular complexity index is 487. The Hall–Kier alpha value is -0.940. The van der Waals surface area contributed by atoms with Crippen molar-refractivity contribution in [3.63, 3.8) is 0 Å². The van der Waals surface area contributed by atoms with Crippen LogP contribution in [0.3, 0.4) is 0 Å². The van der Waals surface area contributed by atoms with Crippen LogP contribution in [-0.2, 0) is 0 Å². The van der Waals surface area contributed by atoms with E-state index in [4.69, 9.17) is 0 Å². The summed E-state index contributed by atoms with van der Waals surface area (Å²) in [6, 6.07) is 3.54. The van der Waals surface area contributed by atoms with Gasteiger partial charge in [0.1, 0.15) is 4.60 Å². The van der Waals surface area contributed by atoms with E-state index in [0.29, 0.717) is 16.7 Å². The summed E-state index contributed by atoms with van der Waals surface area (Å²) >= 11 is 3.30. The number of amides is 1.